The van der Waals surface area contributed by atoms with Crippen molar-refractivity contribution in [3.05, 3.63) is 0 Å². The maximum Gasteiger partial charge on any atom is 0.236 e. The summed E-state index contributed by atoms with van der Waals surface area (Å²) in [6.45, 7) is 14.0. The fourth-order valence-electron chi connectivity index (χ4n) is 2.79. The molecule has 0 aromatic carbocycles. The van der Waals surface area contributed by atoms with Gasteiger partial charge in [0.1, 0.15) is 0 Å². The number of nitrogens with two attached hydrogens (primary N) is 1. The van der Waals surface area contributed by atoms with E-state index in [1.165, 1.54) is 0 Å². The van der Waals surface area contributed by atoms with E-state index in [9.17, 15) is 4.79 Å². The molecule has 1 fully saturated rings. The van der Waals surface area contributed by atoms with Crippen molar-refractivity contribution in [1.82, 2.24) is 5.32 Å². The van der Waals surface area contributed by atoms with Gasteiger partial charge in [-0.3, -0.25) is 4.79 Å². The van der Waals surface area contributed by atoms with Crippen LogP contribution in [0.4, 0.5) is 0 Å². The Morgan fingerprint density at radius 2 is 1.71 bits per heavy atom. The molecular weight excluding hydrogens is 212 g/mol. The second-order valence-corrected chi connectivity index (χ2v) is 6.98. The van der Waals surface area contributed by atoms with E-state index in [-0.39, 0.29) is 11.9 Å². The normalized spacial score (nSPS) is 23.5. The second kappa shape index (κ2) is 4.60. The zero-order chi connectivity index (χ0) is 13.4. The van der Waals surface area contributed by atoms with Gasteiger partial charge < -0.3 is 11.1 Å². The molecule has 1 amide bonds. The van der Waals surface area contributed by atoms with Gasteiger partial charge in [-0.25, -0.2) is 0 Å². The molecule has 100 valence electrons. The lowest BCUT2D eigenvalue weighted by Gasteiger charge is -2.14. The summed E-state index contributed by atoms with van der Waals surface area (Å²) in [5.41, 5.74) is 6.49. The lowest BCUT2D eigenvalue weighted by Crippen LogP contribution is -2.42. The average molecular weight is 240 g/mol. The molecule has 0 bridgehead atoms. The van der Waals surface area contributed by atoms with Gasteiger partial charge in [-0.1, -0.05) is 41.5 Å². The molecular formula is C14H28N2O. The molecule has 0 heterocycles. The van der Waals surface area contributed by atoms with Crippen LogP contribution >= 0.6 is 0 Å². The third-order valence-electron chi connectivity index (χ3n) is 4.86. The number of amides is 1. The Hall–Kier alpha value is -0.570. The van der Waals surface area contributed by atoms with Crippen molar-refractivity contribution in [1.29, 1.82) is 0 Å². The molecule has 3 heteroatoms. The largest absolute Gasteiger partial charge is 0.354 e. The molecule has 1 atom stereocenters. The quantitative estimate of drug-likeness (QED) is 0.773. The summed E-state index contributed by atoms with van der Waals surface area (Å²) in [5.74, 6) is 1.02. The molecule has 0 saturated heterocycles. The third kappa shape index (κ3) is 2.82. The fourth-order valence-corrected chi connectivity index (χ4v) is 2.79. The van der Waals surface area contributed by atoms with Gasteiger partial charge in [0.15, 0.2) is 0 Å². The van der Waals surface area contributed by atoms with Crippen LogP contribution < -0.4 is 11.1 Å². The topological polar surface area (TPSA) is 55.1 Å². The van der Waals surface area contributed by atoms with E-state index in [0.717, 1.165) is 13.0 Å². The van der Waals surface area contributed by atoms with E-state index in [0.29, 0.717) is 22.7 Å². The molecule has 1 aliphatic carbocycles. The van der Waals surface area contributed by atoms with Crippen molar-refractivity contribution in [3.63, 3.8) is 0 Å². The maximum atomic E-state index is 11.8. The average Bonchev–Trinajstić information content (AvgIpc) is 2.53. The van der Waals surface area contributed by atoms with Crippen LogP contribution in [0.5, 0.6) is 0 Å². The lowest BCUT2D eigenvalue weighted by atomic mass is 10.0. The molecule has 0 radical (unpaired) electrons. The van der Waals surface area contributed by atoms with Gasteiger partial charge >= 0.3 is 0 Å². The first kappa shape index (κ1) is 14.5. The minimum absolute atomic E-state index is 0.00259. The lowest BCUT2D eigenvalue weighted by molar-refractivity contribution is -0.122. The number of nitrogens with one attached hydrogen (secondary N) is 1. The van der Waals surface area contributed by atoms with E-state index in [4.69, 9.17) is 5.73 Å². The molecule has 0 spiro atoms. The minimum Gasteiger partial charge on any atom is -0.354 e. The van der Waals surface area contributed by atoms with Crippen molar-refractivity contribution in [2.75, 3.05) is 6.54 Å². The predicted octanol–water partition coefficient (Wildman–Crippen LogP) is 2.16. The second-order valence-electron chi connectivity index (χ2n) is 6.98. The van der Waals surface area contributed by atoms with Crippen LogP contribution in [0.25, 0.3) is 0 Å². The molecule has 3 N–H and O–H groups in total. The van der Waals surface area contributed by atoms with Crippen molar-refractivity contribution >= 4 is 5.91 Å². The van der Waals surface area contributed by atoms with Gasteiger partial charge in [-0.05, 0) is 29.1 Å². The zero-order valence-electron chi connectivity index (χ0n) is 12.1. The van der Waals surface area contributed by atoms with Gasteiger partial charge in [0, 0.05) is 6.54 Å². The first-order valence-corrected chi connectivity index (χ1v) is 6.64. The molecule has 0 unspecified atom stereocenters. The Balaban J connectivity index is 2.36. The monoisotopic (exact) mass is 240 g/mol. The van der Waals surface area contributed by atoms with Crippen molar-refractivity contribution in [3.8, 4) is 0 Å². The Kier molecular flexibility index (Phi) is 3.92. The van der Waals surface area contributed by atoms with Crippen LogP contribution in [0, 0.1) is 22.7 Å². The van der Waals surface area contributed by atoms with Crippen LogP contribution in [-0.2, 0) is 4.79 Å². The smallest absolute Gasteiger partial charge is 0.236 e. The first-order chi connectivity index (χ1) is 7.60. The van der Waals surface area contributed by atoms with Gasteiger partial charge in [0.05, 0.1) is 6.04 Å². The predicted molar refractivity (Wildman–Crippen MR) is 71.5 cm³/mol. The van der Waals surface area contributed by atoms with E-state index < -0.39 is 0 Å². The standard InChI is InChI=1S/C14H28N2O/c1-9(2)7-10(15)12(17)16-8-11-13(3,4)14(11,5)6/h9-11H,7-8,15H2,1-6H3,(H,16,17)/t10-/m1/s1. The first-order valence-electron chi connectivity index (χ1n) is 6.64. The molecule has 1 rings (SSSR count). The van der Waals surface area contributed by atoms with E-state index >= 15 is 0 Å². The van der Waals surface area contributed by atoms with Gasteiger partial charge in [0.25, 0.3) is 0 Å². The van der Waals surface area contributed by atoms with E-state index in [1.807, 2.05) is 0 Å². The Bertz CT molecular complexity index is 281. The highest BCUT2D eigenvalue weighted by Gasteiger charge is 2.64. The number of carbonyl (C=O) groups is 1. The van der Waals surface area contributed by atoms with Gasteiger partial charge in [-0.2, -0.15) is 0 Å². The van der Waals surface area contributed by atoms with Gasteiger partial charge in [0.2, 0.25) is 5.91 Å². The summed E-state index contributed by atoms with van der Waals surface area (Å²) in [5, 5.41) is 3.00. The number of hydrogen-bond acceptors (Lipinski definition) is 2. The molecule has 3 nitrogen and oxygen atoms in total. The maximum absolute atomic E-state index is 11.8. The molecule has 0 aromatic heterocycles. The third-order valence-corrected chi connectivity index (χ3v) is 4.86. The zero-order valence-corrected chi connectivity index (χ0v) is 12.1. The summed E-state index contributed by atoms with van der Waals surface area (Å²) in [6.07, 6.45) is 0.753. The van der Waals surface area contributed by atoms with Crippen LogP contribution in [0.1, 0.15) is 48.0 Å². The molecule has 17 heavy (non-hydrogen) atoms. The highest BCUT2D eigenvalue weighted by molar-refractivity contribution is 5.81. The molecule has 0 aromatic rings. The van der Waals surface area contributed by atoms with Crippen LogP contribution in [0.15, 0.2) is 0 Å². The van der Waals surface area contributed by atoms with Crippen LogP contribution in [0.2, 0.25) is 0 Å². The Morgan fingerprint density at radius 3 is 2.06 bits per heavy atom. The number of rotatable bonds is 5. The molecule has 0 aliphatic heterocycles. The summed E-state index contributed by atoms with van der Waals surface area (Å²) < 4.78 is 0. The van der Waals surface area contributed by atoms with Crippen LogP contribution in [-0.4, -0.2) is 18.5 Å². The van der Waals surface area contributed by atoms with Crippen molar-refractivity contribution in [2.24, 2.45) is 28.4 Å². The summed E-state index contributed by atoms with van der Waals surface area (Å²) in [6, 6.07) is -0.361. The van der Waals surface area contributed by atoms with E-state index in [2.05, 4.69) is 46.9 Å². The molecule has 1 saturated carbocycles. The van der Waals surface area contributed by atoms with Crippen molar-refractivity contribution in [2.45, 2.75) is 54.0 Å². The highest BCUT2D eigenvalue weighted by Crippen LogP contribution is 2.67. The number of carbonyl (C=O) groups excluding carboxylic acids is 1. The highest BCUT2D eigenvalue weighted by atomic mass is 16.2. The molecule has 1 aliphatic rings. The Labute approximate surface area is 106 Å². The number of hydrogen-bond donors (Lipinski definition) is 2. The van der Waals surface area contributed by atoms with Gasteiger partial charge in [-0.15, -0.1) is 0 Å². The fraction of sp³-hybridized carbons (Fsp3) is 0.929. The van der Waals surface area contributed by atoms with Crippen LogP contribution in [0.3, 0.4) is 0 Å². The minimum atomic E-state index is -0.361. The summed E-state index contributed by atoms with van der Waals surface area (Å²) in [4.78, 5) is 11.8. The SMILES string of the molecule is CC(C)C[C@@H](N)C(=O)NCC1C(C)(C)C1(C)C. The van der Waals surface area contributed by atoms with E-state index in [1.54, 1.807) is 0 Å². The summed E-state index contributed by atoms with van der Waals surface area (Å²) >= 11 is 0. The summed E-state index contributed by atoms with van der Waals surface area (Å²) in [7, 11) is 0. The van der Waals surface area contributed by atoms with Crippen molar-refractivity contribution < 1.29 is 4.79 Å². The Morgan fingerprint density at radius 1 is 1.24 bits per heavy atom.